The van der Waals surface area contributed by atoms with E-state index in [4.69, 9.17) is 0 Å². The molecule has 0 bridgehead atoms. The van der Waals surface area contributed by atoms with E-state index in [0.717, 1.165) is 15.3 Å². The number of rotatable bonds is 1. The number of anilines is 1. The third-order valence-electron chi connectivity index (χ3n) is 3.48. The van der Waals surface area contributed by atoms with Gasteiger partial charge in [0.1, 0.15) is 11.1 Å². The summed E-state index contributed by atoms with van der Waals surface area (Å²) < 4.78 is 0. The van der Waals surface area contributed by atoms with E-state index in [1.165, 1.54) is 11.3 Å². The molecule has 3 rings (SSSR count). The Morgan fingerprint density at radius 3 is 2.15 bits per heavy atom. The number of hydrogen-bond donors (Lipinski definition) is 0. The third-order valence-corrected chi connectivity index (χ3v) is 4.67. The summed E-state index contributed by atoms with van der Waals surface area (Å²) in [6.07, 6.45) is 0. The van der Waals surface area contributed by atoms with E-state index in [1.807, 2.05) is 13.8 Å². The zero-order chi connectivity index (χ0) is 14.4. The third kappa shape index (κ3) is 1.52. The lowest BCUT2D eigenvalue weighted by molar-refractivity contribution is 0.0927. The zero-order valence-corrected chi connectivity index (χ0v) is 11.7. The van der Waals surface area contributed by atoms with Crippen LogP contribution in [-0.2, 0) is 0 Å². The van der Waals surface area contributed by atoms with Crippen LogP contribution in [0.4, 0.5) is 5.00 Å². The first kappa shape index (κ1) is 12.6. The van der Waals surface area contributed by atoms with Crippen molar-refractivity contribution in [2.45, 2.75) is 13.8 Å². The fourth-order valence-corrected chi connectivity index (χ4v) is 3.37. The van der Waals surface area contributed by atoms with Gasteiger partial charge >= 0.3 is 0 Å². The van der Waals surface area contributed by atoms with E-state index in [1.54, 1.807) is 24.3 Å². The van der Waals surface area contributed by atoms with Gasteiger partial charge in [0.15, 0.2) is 0 Å². The highest BCUT2D eigenvalue weighted by Gasteiger charge is 2.38. The summed E-state index contributed by atoms with van der Waals surface area (Å²) in [6.45, 7) is 3.70. The Morgan fingerprint density at radius 2 is 1.65 bits per heavy atom. The van der Waals surface area contributed by atoms with Crippen LogP contribution in [0, 0.1) is 25.2 Å². The summed E-state index contributed by atoms with van der Waals surface area (Å²) in [4.78, 5) is 26.9. The van der Waals surface area contributed by atoms with Crippen molar-refractivity contribution in [2.24, 2.45) is 0 Å². The highest BCUT2D eigenvalue weighted by Crippen LogP contribution is 2.38. The van der Waals surface area contributed by atoms with Gasteiger partial charge in [0.05, 0.1) is 16.7 Å². The van der Waals surface area contributed by atoms with Gasteiger partial charge in [-0.1, -0.05) is 12.1 Å². The molecule has 1 aliphatic heterocycles. The van der Waals surface area contributed by atoms with Gasteiger partial charge in [-0.2, -0.15) is 5.26 Å². The second-order valence-corrected chi connectivity index (χ2v) is 5.77. The average molecular weight is 282 g/mol. The van der Waals surface area contributed by atoms with Crippen LogP contribution in [0.2, 0.25) is 0 Å². The number of carbonyl (C=O) groups is 2. The minimum atomic E-state index is -0.358. The first-order chi connectivity index (χ1) is 9.56. The fraction of sp³-hybridized carbons (Fsp3) is 0.133. The van der Waals surface area contributed by atoms with Crippen LogP contribution < -0.4 is 4.90 Å². The molecular weight excluding hydrogens is 272 g/mol. The Kier molecular flexibility index (Phi) is 2.70. The summed E-state index contributed by atoms with van der Waals surface area (Å²) in [5.41, 5.74) is 2.02. The predicted octanol–water partition coefficient (Wildman–Crippen LogP) is 3.04. The largest absolute Gasteiger partial charge is 0.268 e. The maximum atomic E-state index is 12.4. The Bertz CT molecular complexity index is 764. The van der Waals surface area contributed by atoms with Crippen LogP contribution in [0.1, 0.15) is 36.7 Å². The Hall–Kier alpha value is -2.45. The van der Waals surface area contributed by atoms with Crippen molar-refractivity contribution < 1.29 is 9.59 Å². The molecule has 0 atom stereocenters. The molecule has 0 aliphatic carbocycles. The molecule has 2 amide bonds. The van der Waals surface area contributed by atoms with Crippen LogP contribution in [0.3, 0.4) is 0 Å². The van der Waals surface area contributed by atoms with Crippen molar-refractivity contribution in [2.75, 3.05) is 4.90 Å². The van der Waals surface area contributed by atoms with Gasteiger partial charge in [0, 0.05) is 4.88 Å². The Balaban J connectivity index is 2.20. The van der Waals surface area contributed by atoms with E-state index >= 15 is 0 Å². The molecule has 1 aliphatic rings. The van der Waals surface area contributed by atoms with Crippen molar-refractivity contribution in [1.29, 1.82) is 5.26 Å². The van der Waals surface area contributed by atoms with Crippen LogP contribution in [0.25, 0.3) is 0 Å². The summed E-state index contributed by atoms with van der Waals surface area (Å²) in [6, 6.07) is 8.81. The number of nitrogens with zero attached hydrogens (tertiary/aromatic N) is 2. The molecule has 0 unspecified atom stereocenters. The standard InChI is InChI=1S/C15H10N2O2S/c1-8-9(2)20-15(12(8)7-16)17-13(18)10-5-3-4-6-11(10)14(17)19/h3-6H,1-2H3. The van der Waals surface area contributed by atoms with Crippen LogP contribution >= 0.6 is 11.3 Å². The van der Waals surface area contributed by atoms with Crippen molar-refractivity contribution in [3.63, 3.8) is 0 Å². The summed E-state index contributed by atoms with van der Waals surface area (Å²) in [7, 11) is 0. The van der Waals surface area contributed by atoms with E-state index < -0.39 is 0 Å². The molecule has 0 saturated heterocycles. The van der Waals surface area contributed by atoms with Crippen molar-refractivity contribution in [3.8, 4) is 6.07 Å². The predicted molar refractivity (Wildman–Crippen MR) is 76.1 cm³/mol. The van der Waals surface area contributed by atoms with Gasteiger partial charge in [-0.25, -0.2) is 4.90 Å². The number of fused-ring (bicyclic) bond motifs is 1. The number of benzene rings is 1. The normalized spacial score (nSPS) is 13.6. The van der Waals surface area contributed by atoms with Crippen LogP contribution in [0.5, 0.6) is 0 Å². The van der Waals surface area contributed by atoms with Gasteiger partial charge in [0.2, 0.25) is 0 Å². The second kappa shape index (κ2) is 4.29. The monoisotopic (exact) mass is 282 g/mol. The fourth-order valence-electron chi connectivity index (χ4n) is 2.27. The van der Waals surface area contributed by atoms with Gasteiger partial charge in [-0.15, -0.1) is 11.3 Å². The maximum absolute atomic E-state index is 12.4. The molecule has 1 aromatic heterocycles. The van der Waals surface area contributed by atoms with Crippen LogP contribution in [0.15, 0.2) is 24.3 Å². The smallest absolute Gasteiger partial charge is 0.266 e. The molecule has 0 radical (unpaired) electrons. The Morgan fingerprint density at radius 1 is 1.10 bits per heavy atom. The highest BCUT2D eigenvalue weighted by molar-refractivity contribution is 7.17. The van der Waals surface area contributed by atoms with Crippen molar-refractivity contribution >= 4 is 28.2 Å². The molecule has 0 fully saturated rings. The van der Waals surface area contributed by atoms with E-state index in [-0.39, 0.29) is 11.8 Å². The molecular formula is C15H10N2O2S. The summed E-state index contributed by atoms with van der Waals surface area (Å²) >= 11 is 1.30. The lowest BCUT2D eigenvalue weighted by Crippen LogP contribution is -2.29. The average Bonchev–Trinajstić information content (AvgIpc) is 2.87. The number of aryl methyl sites for hydroxylation is 1. The van der Waals surface area contributed by atoms with Crippen molar-refractivity contribution in [3.05, 3.63) is 51.4 Å². The molecule has 0 spiro atoms. The number of amides is 2. The minimum Gasteiger partial charge on any atom is -0.268 e. The molecule has 2 heterocycles. The molecule has 0 saturated carbocycles. The quantitative estimate of drug-likeness (QED) is 0.755. The SMILES string of the molecule is Cc1sc(N2C(=O)c3ccccc3C2=O)c(C#N)c1C. The number of imide groups is 1. The van der Waals surface area contributed by atoms with Crippen LogP contribution in [-0.4, -0.2) is 11.8 Å². The molecule has 1 aromatic carbocycles. The number of thiophene rings is 1. The summed E-state index contributed by atoms with van der Waals surface area (Å²) in [5, 5.41) is 9.69. The number of carbonyl (C=O) groups excluding carboxylic acids is 2. The highest BCUT2D eigenvalue weighted by atomic mass is 32.1. The Labute approximate surface area is 119 Å². The number of hydrogen-bond acceptors (Lipinski definition) is 4. The lowest BCUT2D eigenvalue weighted by Gasteiger charge is -2.11. The van der Waals surface area contributed by atoms with E-state index in [2.05, 4.69) is 6.07 Å². The van der Waals surface area contributed by atoms with Gasteiger partial charge in [-0.05, 0) is 31.5 Å². The molecule has 5 heteroatoms. The second-order valence-electron chi connectivity index (χ2n) is 4.57. The van der Waals surface area contributed by atoms with Crippen molar-refractivity contribution in [1.82, 2.24) is 0 Å². The van der Waals surface area contributed by atoms with Gasteiger partial charge in [-0.3, -0.25) is 9.59 Å². The number of nitriles is 1. The first-order valence-corrected chi connectivity index (χ1v) is 6.85. The molecule has 0 N–H and O–H groups in total. The molecule has 4 nitrogen and oxygen atoms in total. The molecule has 20 heavy (non-hydrogen) atoms. The maximum Gasteiger partial charge on any atom is 0.266 e. The van der Waals surface area contributed by atoms with Gasteiger partial charge < -0.3 is 0 Å². The summed E-state index contributed by atoms with van der Waals surface area (Å²) in [5.74, 6) is -0.716. The van der Waals surface area contributed by atoms with E-state index in [9.17, 15) is 14.9 Å². The molecule has 98 valence electrons. The van der Waals surface area contributed by atoms with Gasteiger partial charge in [0.25, 0.3) is 11.8 Å². The minimum absolute atomic E-state index is 0.358. The topological polar surface area (TPSA) is 61.2 Å². The van der Waals surface area contributed by atoms with E-state index in [0.29, 0.717) is 21.7 Å². The lowest BCUT2D eigenvalue weighted by atomic mass is 10.1. The first-order valence-electron chi connectivity index (χ1n) is 6.04. The molecule has 2 aromatic rings. The zero-order valence-electron chi connectivity index (χ0n) is 10.9.